The Morgan fingerprint density at radius 1 is 0.676 bits per heavy atom. The van der Waals surface area contributed by atoms with Gasteiger partial charge in [-0.3, -0.25) is 38.1 Å². The number of fused-ring (bicyclic) bond motifs is 1. The molecule has 1 aliphatic rings. The van der Waals surface area contributed by atoms with E-state index < -0.39 is 5.91 Å². The molecular weight excluding hydrogens is 1370 g/mol. The van der Waals surface area contributed by atoms with Crippen LogP contribution in [0.25, 0.3) is 22.2 Å². The standard InChI is InChI=1S/C76H105N13O15S/c1-11-27-102-57-42-58(44-59(43-57)104-69-47-67-66(86(7)76(94)87(67)8)46-65(69)84-105-60-15-16-68(95-9)70(45-60)96-10)103-28-13-12-21-85(6)51-73(91)79-20-30-98-32-34-100-36-38-101-37-35-99-33-31-97-29-18-72(90)78-19-22-88-23-25-89(26-24-88)71-17-14-55(49-80-71)56-40-61(62(48-77)64(41-56)82-52(2)3)74(92)81-50-63-53(4)39-54(5)83-75(63)93/h14-17,39-49,52,77,82,84H,11-13,18-38,50-51H2,1-10H3,(H,78,90)(H,79,91)(H,81,92)(H,83,93). The monoisotopic (exact) mass is 1470 g/mol. The summed E-state index contributed by atoms with van der Waals surface area (Å²) in [7, 11) is 8.56. The molecule has 105 heavy (non-hydrogen) atoms. The molecule has 7 N–H and O–H groups in total. The number of aromatic amines is 1. The molecule has 3 aromatic heterocycles. The normalized spacial score (nSPS) is 12.4. The first kappa shape index (κ1) is 81.5. The van der Waals surface area contributed by atoms with Crippen LogP contribution in [0.2, 0.25) is 0 Å². The first-order chi connectivity index (χ1) is 50.8. The van der Waals surface area contributed by atoms with Gasteiger partial charge in [-0.1, -0.05) is 6.92 Å². The van der Waals surface area contributed by atoms with E-state index in [9.17, 15) is 24.0 Å². The Hall–Kier alpha value is -9.20. The third kappa shape index (κ3) is 25.5. The lowest BCUT2D eigenvalue weighted by Crippen LogP contribution is -2.48. The summed E-state index contributed by atoms with van der Waals surface area (Å²) in [4.78, 5) is 79.6. The van der Waals surface area contributed by atoms with Gasteiger partial charge in [-0.15, -0.1) is 0 Å². The van der Waals surface area contributed by atoms with Gasteiger partial charge < -0.3 is 88.7 Å². The van der Waals surface area contributed by atoms with Gasteiger partial charge in [-0.05, 0) is 138 Å². The van der Waals surface area contributed by atoms with Crippen molar-refractivity contribution in [2.45, 2.75) is 77.8 Å². The Morgan fingerprint density at radius 3 is 1.96 bits per heavy atom. The average Bonchev–Trinajstić information content (AvgIpc) is 1.66. The molecule has 4 heterocycles. The molecule has 0 atom stereocenters. The molecule has 7 aromatic rings. The summed E-state index contributed by atoms with van der Waals surface area (Å²) in [6.07, 6.45) is 5.61. The second-order valence-corrected chi connectivity index (χ2v) is 26.5. The van der Waals surface area contributed by atoms with Crippen molar-refractivity contribution in [3.05, 3.63) is 134 Å². The lowest BCUT2D eigenvalue weighted by molar-refractivity contribution is -0.123. The van der Waals surface area contributed by atoms with Gasteiger partial charge in [-0.2, -0.15) is 0 Å². The predicted octanol–water partition coefficient (Wildman–Crippen LogP) is 8.33. The van der Waals surface area contributed by atoms with E-state index in [-0.39, 0.29) is 48.6 Å². The van der Waals surface area contributed by atoms with E-state index in [1.54, 1.807) is 49.7 Å². The maximum Gasteiger partial charge on any atom is 0.328 e. The highest BCUT2D eigenvalue weighted by molar-refractivity contribution is 8.00. The Kier molecular flexibility index (Phi) is 33.1. The number of benzene rings is 4. The molecule has 4 aromatic carbocycles. The molecule has 1 saturated heterocycles. The molecule has 0 bridgehead atoms. The number of likely N-dealkylation sites (N-methyl/N-ethyl adjacent to an activating group) is 1. The second-order valence-electron chi connectivity index (χ2n) is 25.6. The fourth-order valence-corrected chi connectivity index (χ4v) is 12.3. The number of imidazole rings is 1. The molecule has 1 aliphatic heterocycles. The number of unbranched alkanes of at least 4 members (excludes halogenated alkanes) is 1. The quantitative estimate of drug-likeness (QED) is 0.0107. The summed E-state index contributed by atoms with van der Waals surface area (Å²) >= 11 is 1.36. The van der Waals surface area contributed by atoms with Crippen LogP contribution in [0, 0.1) is 19.3 Å². The fraction of sp³-hybridized carbons (Fsp3) is 0.487. The van der Waals surface area contributed by atoms with Gasteiger partial charge in [0.15, 0.2) is 17.2 Å². The van der Waals surface area contributed by atoms with Gasteiger partial charge in [0.05, 0.1) is 122 Å². The number of hydrogen-bond acceptors (Lipinski definition) is 23. The van der Waals surface area contributed by atoms with Gasteiger partial charge in [0.1, 0.15) is 23.1 Å². The number of aromatic nitrogens is 4. The van der Waals surface area contributed by atoms with Gasteiger partial charge in [0.25, 0.3) is 11.5 Å². The number of piperazine rings is 1. The second kappa shape index (κ2) is 42.7. The molecule has 29 heteroatoms. The Labute approximate surface area is 619 Å². The van der Waals surface area contributed by atoms with E-state index in [4.69, 9.17) is 57.8 Å². The lowest BCUT2D eigenvalue weighted by atomic mass is 9.97. The highest BCUT2D eigenvalue weighted by Gasteiger charge is 2.23. The molecule has 28 nitrogen and oxygen atoms in total. The van der Waals surface area contributed by atoms with E-state index in [0.29, 0.717) is 167 Å². The minimum atomic E-state index is -0.392. The number of aryl methyl sites for hydroxylation is 4. The molecular formula is C76H105N13O15S. The van der Waals surface area contributed by atoms with Crippen molar-refractivity contribution in [3.63, 3.8) is 0 Å². The maximum absolute atomic E-state index is 13.7. The maximum atomic E-state index is 13.7. The Bertz CT molecular complexity index is 4070. The topological polar surface area (TPSA) is 310 Å². The van der Waals surface area contributed by atoms with Crippen molar-refractivity contribution in [3.8, 4) is 45.6 Å². The first-order valence-corrected chi connectivity index (χ1v) is 36.6. The van der Waals surface area contributed by atoms with Crippen molar-refractivity contribution < 1.29 is 61.8 Å². The van der Waals surface area contributed by atoms with Gasteiger partial charge in [0.2, 0.25) is 11.8 Å². The number of methoxy groups -OCH3 is 2. The van der Waals surface area contributed by atoms with Crippen molar-refractivity contribution >= 4 is 64.1 Å². The van der Waals surface area contributed by atoms with Crippen molar-refractivity contribution in [2.24, 2.45) is 14.1 Å². The molecule has 0 radical (unpaired) electrons. The zero-order valence-corrected chi connectivity index (χ0v) is 63.2. The van der Waals surface area contributed by atoms with Gasteiger partial charge in [0, 0.05) is 149 Å². The van der Waals surface area contributed by atoms with Crippen LogP contribution in [0.5, 0.6) is 34.5 Å². The highest BCUT2D eigenvalue weighted by Crippen LogP contribution is 2.40. The molecule has 0 saturated carbocycles. The van der Waals surface area contributed by atoms with E-state index in [1.165, 1.54) is 18.2 Å². The average molecular weight is 1470 g/mol. The number of ether oxygens (including phenoxy) is 10. The van der Waals surface area contributed by atoms with Crippen LogP contribution in [0.4, 0.5) is 17.2 Å². The number of rotatable bonds is 47. The summed E-state index contributed by atoms with van der Waals surface area (Å²) in [5.41, 5.74) is 6.70. The number of pyridine rings is 2. The Morgan fingerprint density at radius 2 is 1.32 bits per heavy atom. The predicted molar refractivity (Wildman–Crippen MR) is 409 cm³/mol. The number of carbonyl (C=O) groups excluding carboxylic acids is 3. The summed E-state index contributed by atoms with van der Waals surface area (Å²) in [5, 5.41) is 20.4. The van der Waals surface area contributed by atoms with Gasteiger partial charge >= 0.3 is 5.69 Å². The third-order valence-electron chi connectivity index (χ3n) is 17.2. The Balaban J connectivity index is 0.604. The van der Waals surface area contributed by atoms with E-state index in [1.807, 2.05) is 119 Å². The summed E-state index contributed by atoms with van der Waals surface area (Å²) in [5.74, 6) is 3.68. The largest absolute Gasteiger partial charge is 0.493 e. The van der Waals surface area contributed by atoms with E-state index >= 15 is 0 Å². The van der Waals surface area contributed by atoms with Crippen molar-refractivity contribution in [2.75, 3.05) is 174 Å². The molecule has 1 fully saturated rings. The number of nitrogens with zero attached hydrogens (tertiary/aromatic N) is 6. The van der Waals surface area contributed by atoms with Crippen LogP contribution < -0.4 is 65.8 Å². The number of H-pyrrole nitrogens is 1. The van der Waals surface area contributed by atoms with Crippen LogP contribution in [0.15, 0.2) is 99.5 Å². The molecule has 3 amide bonds. The van der Waals surface area contributed by atoms with Crippen LogP contribution in [0.3, 0.4) is 0 Å². The number of amides is 3. The van der Waals surface area contributed by atoms with Crippen LogP contribution in [0.1, 0.15) is 79.2 Å². The highest BCUT2D eigenvalue weighted by atomic mass is 32.2. The summed E-state index contributed by atoms with van der Waals surface area (Å²) < 4.78 is 64.5. The zero-order chi connectivity index (χ0) is 75.0. The zero-order valence-electron chi connectivity index (χ0n) is 62.3. The number of carbonyl (C=O) groups is 3. The van der Waals surface area contributed by atoms with Gasteiger partial charge in [-0.25, -0.2) is 9.78 Å². The number of nitrogens with one attached hydrogen (secondary N) is 7. The van der Waals surface area contributed by atoms with Crippen molar-refractivity contribution in [1.29, 1.82) is 5.41 Å². The minimum Gasteiger partial charge on any atom is -0.493 e. The van der Waals surface area contributed by atoms with Crippen molar-refractivity contribution in [1.82, 2.24) is 44.9 Å². The van der Waals surface area contributed by atoms with Crippen LogP contribution in [-0.2, 0) is 53.9 Å². The first-order valence-electron chi connectivity index (χ1n) is 35.7. The van der Waals surface area contributed by atoms with Crippen LogP contribution >= 0.6 is 11.9 Å². The molecule has 8 rings (SSSR count). The molecule has 0 unspecified atom stereocenters. The lowest BCUT2D eigenvalue weighted by Gasteiger charge is -2.35. The minimum absolute atomic E-state index is 0.0414. The fourth-order valence-electron chi connectivity index (χ4n) is 11.6. The smallest absolute Gasteiger partial charge is 0.328 e. The summed E-state index contributed by atoms with van der Waals surface area (Å²) in [6.45, 7) is 20.3. The molecule has 0 aliphatic carbocycles. The molecule has 570 valence electrons. The van der Waals surface area contributed by atoms with E-state index in [2.05, 4.69) is 40.8 Å². The SMILES string of the molecule is CCCOc1cc(OCCCCN(C)CC(=O)NCCOCCOCCOCCOCCOCCC(=O)NCCN2CCN(c3ccc(-c4cc(NC(C)C)c(C=N)c(C(=O)NCc5c(C)cc(C)[nH]c5=O)c4)cn3)CC2)cc(Oc2cc3c(cc2NSc2ccc(OC)c(OC)c2)n(C)c(=O)n3C)c1. The molecule has 0 spiro atoms. The summed E-state index contributed by atoms with van der Waals surface area (Å²) in [6, 6.07) is 24.4. The number of anilines is 3. The third-order valence-corrected chi connectivity index (χ3v) is 18.0. The van der Waals surface area contributed by atoms with Crippen LogP contribution in [-0.4, -0.2) is 218 Å². The number of hydrogen-bond donors (Lipinski definition) is 7. The van der Waals surface area contributed by atoms with E-state index in [0.717, 1.165) is 90.6 Å².